The molecule has 31 heavy (non-hydrogen) atoms. The number of ether oxygens (including phenoxy) is 4. The minimum atomic E-state index is -1.08. The van der Waals surface area contributed by atoms with E-state index in [0.717, 1.165) is 0 Å². The van der Waals surface area contributed by atoms with Crippen molar-refractivity contribution in [1.82, 2.24) is 0 Å². The summed E-state index contributed by atoms with van der Waals surface area (Å²) in [6.45, 7) is 13.3. The van der Waals surface area contributed by atoms with Crippen LogP contribution in [0.4, 0.5) is 0 Å². The van der Waals surface area contributed by atoms with Gasteiger partial charge in [-0.05, 0) is 78.6 Å². The molecule has 3 saturated heterocycles. The number of epoxide rings is 1. The molecule has 3 fully saturated rings. The van der Waals surface area contributed by atoms with E-state index in [0.29, 0.717) is 57.1 Å². The lowest BCUT2D eigenvalue weighted by molar-refractivity contribution is -0.184. The van der Waals surface area contributed by atoms with Crippen molar-refractivity contribution >= 4 is 11.9 Å². The zero-order valence-electron chi connectivity index (χ0n) is 19.6. The zero-order valence-corrected chi connectivity index (χ0v) is 19.6. The number of carbonyl (C=O) groups excluding carboxylic acids is 2. The van der Waals surface area contributed by atoms with Crippen LogP contribution in [0.15, 0.2) is 12.2 Å². The average Bonchev–Trinajstić information content (AvgIpc) is 3.12. The van der Waals surface area contributed by atoms with Crippen LogP contribution in [-0.4, -0.2) is 58.8 Å². The molecule has 3 aliphatic heterocycles. The standard InChI is InChI=1S/C24H38O7/c1-7-28-21(26)15(2)17-8-11-22(4,27)18-9-12-23(5,30-18)19(29-16(3)25)10-13-24(6)20(14-17)31-24/h17-20,27H,2,7-14H2,1,3-6H3/t17-,18+,19+,20-,22-,23-,24+/m1/s1. The summed E-state index contributed by atoms with van der Waals surface area (Å²) in [7, 11) is 0. The largest absolute Gasteiger partial charge is 0.463 e. The Morgan fingerprint density at radius 1 is 1.03 bits per heavy atom. The van der Waals surface area contributed by atoms with Gasteiger partial charge in [0.15, 0.2) is 0 Å². The predicted molar refractivity (Wildman–Crippen MR) is 114 cm³/mol. The van der Waals surface area contributed by atoms with Crippen molar-refractivity contribution in [2.24, 2.45) is 5.92 Å². The maximum Gasteiger partial charge on any atom is 0.333 e. The molecular formula is C24H38O7. The molecule has 176 valence electrons. The molecule has 0 unspecified atom stereocenters. The van der Waals surface area contributed by atoms with Gasteiger partial charge in [0, 0.05) is 12.5 Å². The quantitative estimate of drug-likeness (QED) is 0.408. The lowest BCUT2D eigenvalue weighted by Crippen LogP contribution is -2.46. The van der Waals surface area contributed by atoms with Gasteiger partial charge in [-0.1, -0.05) is 6.58 Å². The van der Waals surface area contributed by atoms with Crippen molar-refractivity contribution < 1.29 is 33.6 Å². The van der Waals surface area contributed by atoms with Crippen LogP contribution >= 0.6 is 0 Å². The molecule has 0 radical (unpaired) electrons. The Hall–Kier alpha value is -1.44. The third-order valence-electron chi connectivity index (χ3n) is 7.46. The topological polar surface area (TPSA) is 94.6 Å². The fourth-order valence-electron chi connectivity index (χ4n) is 5.16. The van der Waals surface area contributed by atoms with Gasteiger partial charge < -0.3 is 24.1 Å². The van der Waals surface area contributed by atoms with Crippen LogP contribution in [0.1, 0.15) is 79.6 Å². The first-order valence-corrected chi connectivity index (χ1v) is 11.5. The SMILES string of the molecule is C=C(C(=O)OCC)[C@@H]1CC[C@@](C)(O)[C@@H]2CC[C@@](C)(O2)[C@@H](OC(C)=O)CC[C@]2(C)O[C@@H]2C1. The summed E-state index contributed by atoms with van der Waals surface area (Å²) >= 11 is 0. The molecule has 3 aliphatic rings. The summed E-state index contributed by atoms with van der Waals surface area (Å²) in [6, 6.07) is 0. The van der Waals surface area contributed by atoms with Crippen LogP contribution in [0.2, 0.25) is 0 Å². The Bertz CT molecular complexity index is 717. The van der Waals surface area contributed by atoms with Crippen molar-refractivity contribution in [1.29, 1.82) is 0 Å². The Morgan fingerprint density at radius 2 is 1.68 bits per heavy atom. The molecule has 0 aromatic heterocycles. The smallest absolute Gasteiger partial charge is 0.333 e. The number of aliphatic hydroxyl groups is 1. The fraction of sp³-hybridized carbons (Fsp3) is 0.833. The second-order valence-electron chi connectivity index (χ2n) is 10.1. The van der Waals surface area contributed by atoms with Crippen molar-refractivity contribution in [3.8, 4) is 0 Å². The Kier molecular flexibility index (Phi) is 6.90. The molecule has 0 saturated carbocycles. The highest BCUT2D eigenvalue weighted by Gasteiger charge is 2.56. The third kappa shape index (κ3) is 5.32. The van der Waals surface area contributed by atoms with E-state index in [1.165, 1.54) is 6.92 Å². The molecule has 7 heteroatoms. The van der Waals surface area contributed by atoms with E-state index in [4.69, 9.17) is 18.9 Å². The van der Waals surface area contributed by atoms with Gasteiger partial charge in [0.25, 0.3) is 0 Å². The van der Waals surface area contributed by atoms with Gasteiger partial charge in [-0.2, -0.15) is 0 Å². The molecule has 2 bridgehead atoms. The van der Waals surface area contributed by atoms with Crippen LogP contribution in [0.5, 0.6) is 0 Å². The van der Waals surface area contributed by atoms with Gasteiger partial charge in [-0.3, -0.25) is 4.79 Å². The number of esters is 2. The predicted octanol–water partition coefficient (Wildman–Crippen LogP) is 3.46. The molecule has 0 aromatic rings. The third-order valence-corrected chi connectivity index (χ3v) is 7.46. The van der Waals surface area contributed by atoms with E-state index < -0.39 is 23.3 Å². The average molecular weight is 439 g/mol. The number of carbonyl (C=O) groups is 2. The second kappa shape index (κ2) is 8.83. The summed E-state index contributed by atoms with van der Waals surface area (Å²) in [6.07, 6.45) is 3.61. The molecule has 7 nitrogen and oxygen atoms in total. The number of rotatable bonds is 4. The first kappa shape index (κ1) is 24.2. The summed E-state index contributed by atoms with van der Waals surface area (Å²) < 4.78 is 23.3. The van der Waals surface area contributed by atoms with Crippen LogP contribution in [0.25, 0.3) is 0 Å². The van der Waals surface area contributed by atoms with Crippen LogP contribution < -0.4 is 0 Å². The van der Waals surface area contributed by atoms with E-state index in [2.05, 4.69) is 13.5 Å². The summed E-state index contributed by atoms with van der Waals surface area (Å²) in [5.74, 6) is -0.868. The van der Waals surface area contributed by atoms with Crippen LogP contribution in [0, 0.1) is 5.92 Å². The summed E-state index contributed by atoms with van der Waals surface area (Å²) in [5.41, 5.74) is -1.63. The van der Waals surface area contributed by atoms with Crippen molar-refractivity contribution in [2.45, 2.75) is 115 Å². The van der Waals surface area contributed by atoms with E-state index in [9.17, 15) is 14.7 Å². The Labute approximate surface area is 185 Å². The summed E-state index contributed by atoms with van der Waals surface area (Å²) in [4.78, 5) is 24.1. The highest BCUT2D eigenvalue weighted by atomic mass is 16.6. The second-order valence-corrected chi connectivity index (χ2v) is 10.1. The maximum absolute atomic E-state index is 12.4. The minimum Gasteiger partial charge on any atom is -0.463 e. The van der Waals surface area contributed by atoms with Gasteiger partial charge >= 0.3 is 11.9 Å². The molecule has 1 N–H and O–H groups in total. The highest BCUT2D eigenvalue weighted by Crippen LogP contribution is 2.49. The van der Waals surface area contributed by atoms with Crippen LogP contribution in [0.3, 0.4) is 0 Å². The van der Waals surface area contributed by atoms with Crippen molar-refractivity contribution in [3.05, 3.63) is 12.2 Å². The normalized spacial score (nSPS) is 42.9. The van der Waals surface area contributed by atoms with Crippen molar-refractivity contribution in [3.63, 3.8) is 0 Å². The molecular weight excluding hydrogens is 400 g/mol. The van der Waals surface area contributed by atoms with Crippen molar-refractivity contribution in [2.75, 3.05) is 6.61 Å². The first-order chi connectivity index (χ1) is 14.4. The molecule has 7 atom stereocenters. The number of hydrogen-bond donors (Lipinski definition) is 1. The van der Waals surface area contributed by atoms with Gasteiger partial charge in [0.1, 0.15) is 11.7 Å². The van der Waals surface area contributed by atoms with E-state index >= 15 is 0 Å². The minimum absolute atomic E-state index is 0.0155. The van der Waals surface area contributed by atoms with E-state index in [-0.39, 0.29) is 29.7 Å². The Morgan fingerprint density at radius 3 is 2.32 bits per heavy atom. The molecule has 0 spiro atoms. The first-order valence-electron chi connectivity index (χ1n) is 11.5. The number of hydrogen-bond acceptors (Lipinski definition) is 7. The van der Waals surface area contributed by atoms with E-state index in [1.54, 1.807) is 13.8 Å². The Balaban J connectivity index is 1.85. The molecule has 3 heterocycles. The van der Waals surface area contributed by atoms with Gasteiger partial charge in [0.2, 0.25) is 0 Å². The lowest BCUT2D eigenvalue weighted by Gasteiger charge is -2.37. The molecule has 0 amide bonds. The van der Waals surface area contributed by atoms with E-state index in [1.807, 2.05) is 6.92 Å². The summed E-state index contributed by atoms with van der Waals surface area (Å²) in [5, 5.41) is 11.3. The molecule has 3 rings (SSSR count). The fourth-order valence-corrected chi connectivity index (χ4v) is 5.16. The van der Waals surface area contributed by atoms with Gasteiger partial charge in [-0.15, -0.1) is 0 Å². The van der Waals surface area contributed by atoms with Gasteiger partial charge in [-0.25, -0.2) is 4.79 Å². The van der Waals surface area contributed by atoms with Crippen LogP contribution in [-0.2, 0) is 28.5 Å². The molecule has 0 aliphatic carbocycles. The number of fused-ring (bicyclic) bond motifs is 3. The zero-order chi connectivity index (χ0) is 23.0. The lowest BCUT2D eigenvalue weighted by atomic mass is 9.81. The maximum atomic E-state index is 12.4. The highest BCUT2D eigenvalue weighted by molar-refractivity contribution is 5.88. The van der Waals surface area contributed by atoms with Gasteiger partial charge in [0.05, 0.1) is 30.0 Å². The monoisotopic (exact) mass is 438 g/mol. The molecule has 0 aromatic carbocycles.